The van der Waals surface area contributed by atoms with Gasteiger partial charge in [-0.3, -0.25) is 14.9 Å². The molecule has 0 bridgehead atoms. The first kappa shape index (κ1) is 15.9. The van der Waals surface area contributed by atoms with Crippen molar-refractivity contribution < 1.29 is 14.5 Å². The molecule has 0 amide bonds. The molecule has 0 aromatic heterocycles. The summed E-state index contributed by atoms with van der Waals surface area (Å²) < 4.78 is 4.93. The molecule has 0 N–H and O–H groups in total. The minimum atomic E-state index is -0.420. The highest BCUT2D eigenvalue weighted by atomic mass is 16.6. The normalized spacial score (nSPS) is 10.2. The number of anilines is 1. The van der Waals surface area contributed by atoms with Crippen LogP contribution >= 0.6 is 0 Å². The first-order valence-corrected chi connectivity index (χ1v) is 6.65. The van der Waals surface area contributed by atoms with Gasteiger partial charge in [0.15, 0.2) is 0 Å². The average Bonchev–Trinajstić information content (AvgIpc) is 2.38. The molecular formula is C14H20N2O4. The van der Waals surface area contributed by atoms with Gasteiger partial charge in [-0.15, -0.1) is 0 Å². The monoisotopic (exact) mass is 280 g/mol. The lowest BCUT2D eigenvalue weighted by molar-refractivity contribution is -0.384. The third-order valence-corrected chi connectivity index (χ3v) is 2.85. The van der Waals surface area contributed by atoms with Gasteiger partial charge >= 0.3 is 5.97 Å². The predicted molar refractivity (Wildman–Crippen MR) is 77.0 cm³/mol. The van der Waals surface area contributed by atoms with Crippen LogP contribution in [0.4, 0.5) is 11.4 Å². The minimum Gasteiger partial charge on any atom is -0.465 e. The molecule has 20 heavy (non-hydrogen) atoms. The van der Waals surface area contributed by atoms with E-state index in [2.05, 4.69) is 0 Å². The minimum absolute atomic E-state index is 0.0164. The van der Waals surface area contributed by atoms with Crippen LogP contribution in [0.2, 0.25) is 0 Å². The highest BCUT2D eigenvalue weighted by molar-refractivity contribution is 5.79. The molecule has 0 aliphatic carbocycles. The number of nitrogens with zero attached hydrogens (tertiary/aromatic N) is 2. The highest BCUT2D eigenvalue weighted by Crippen LogP contribution is 2.31. The lowest BCUT2D eigenvalue weighted by Gasteiger charge is -2.24. The first-order valence-electron chi connectivity index (χ1n) is 6.65. The van der Waals surface area contributed by atoms with Crippen molar-refractivity contribution in [1.29, 1.82) is 0 Å². The van der Waals surface area contributed by atoms with Crippen LogP contribution in [0.3, 0.4) is 0 Å². The van der Waals surface area contributed by atoms with Gasteiger partial charge < -0.3 is 9.64 Å². The number of carbonyl (C=O) groups is 1. The van der Waals surface area contributed by atoms with Crippen molar-refractivity contribution in [3.8, 4) is 0 Å². The second-order valence-corrected chi connectivity index (χ2v) is 4.43. The van der Waals surface area contributed by atoms with E-state index < -0.39 is 4.92 Å². The van der Waals surface area contributed by atoms with Crippen LogP contribution in [0.15, 0.2) is 18.2 Å². The summed E-state index contributed by atoms with van der Waals surface area (Å²) in [5.74, 6) is -0.376. The molecular weight excluding hydrogens is 260 g/mol. The third kappa shape index (κ3) is 3.94. The fourth-order valence-electron chi connectivity index (χ4n) is 2.10. The number of para-hydroxylation sites is 1. The standard InChI is InChI=1S/C14H20N2O4/c1-4-9-15(10-13(17)20-5-2)14-11(3)7-6-8-12(14)16(18)19/h6-8H,4-5,9-10H2,1-3H3. The van der Waals surface area contributed by atoms with E-state index in [1.54, 1.807) is 30.9 Å². The molecule has 6 heteroatoms. The molecule has 1 aromatic rings. The average molecular weight is 280 g/mol. The van der Waals surface area contributed by atoms with Gasteiger partial charge in [-0.25, -0.2) is 0 Å². The number of nitro benzene ring substituents is 1. The lowest BCUT2D eigenvalue weighted by atomic mass is 10.1. The van der Waals surface area contributed by atoms with E-state index in [9.17, 15) is 14.9 Å². The van der Waals surface area contributed by atoms with Crippen LogP contribution in [0.25, 0.3) is 0 Å². The van der Waals surface area contributed by atoms with Gasteiger partial charge in [0, 0.05) is 12.6 Å². The number of nitro groups is 1. The summed E-state index contributed by atoms with van der Waals surface area (Å²) in [5.41, 5.74) is 1.28. The van der Waals surface area contributed by atoms with Gasteiger partial charge in [-0.2, -0.15) is 0 Å². The van der Waals surface area contributed by atoms with E-state index >= 15 is 0 Å². The summed E-state index contributed by atoms with van der Waals surface area (Å²) in [6.45, 7) is 6.38. The Morgan fingerprint density at radius 2 is 2.10 bits per heavy atom. The number of benzene rings is 1. The maximum absolute atomic E-state index is 11.7. The van der Waals surface area contributed by atoms with E-state index in [4.69, 9.17) is 4.74 Å². The molecule has 0 aliphatic rings. The second kappa shape index (κ2) is 7.47. The van der Waals surface area contributed by atoms with Crippen molar-refractivity contribution in [2.45, 2.75) is 27.2 Å². The number of esters is 1. The Kier molecular flexibility index (Phi) is 5.96. The Bertz CT molecular complexity index is 488. The van der Waals surface area contributed by atoms with Crippen molar-refractivity contribution in [3.05, 3.63) is 33.9 Å². The third-order valence-electron chi connectivity index (χ3n) is 2.85. The zero-order valence-electron chi connectivity index (χ0n) is 12.1. The Hall–Kier alpha value is -2.11. The van der Waals surface area contributed by atoms with Crippen molar-refractivity contribution in [3.63, 3.8) is 0 Å². The number of aryl methyl sites for hydroxylation is 1. The molecule has 0 heterocycles. The SMILES string of the molecule is CCCN(CC(=O)OCC)c1c(C)cccc1[N+](=O)[O-]. The molecule has 0 spiro atoms. The van der Waals surface area contributed by atoms with Crippen LogP contribution < -0.4 is 4.90 Å². The number of hydrogen-bond acceptors (Lipinski definition) is 5. The lowest BCUT2D eigenvalue weighted by Crippen LogP contribution is -2.32. The fraction of sp³-hybridized carbons (Fsp3) is 0.500. The molecule has 110 valence electrons. The van der Waals surface area contributed by atoms with Crippen molar-refractivity contribution in [2.75, 3.05) is 24.6 Å². The number of rotatable bonds is 7. The molecule has 0 saturated heterocycles. The summed E-state index contributed by atoms with van der Waals surface area (Å²) >= 11 is 0. The number of carbonyl (C=O) groups excluding carboxylic acids is 1. The zero-order valence-corrected chi connectivity index (χ0v) is 12.1. The molecule has 0 atom stereocenters. The van der Waals surface area contributed by atoms with Gasteiger partial charge in [0.1, 0.15) is 12.2 Å². The summed E-state index contributed by atoms with van der Waals surface area (Å²) in [6, 6.07) is 4.90. The quantitative estimate of drug-likeness (QED) is 0.436. The van der Waals surface area contributed by atoms with Gasteiger partial charge in [-0.05, 0) is 25.8 Å². The van der Waals surface area contributed by atoms with E-state index in [-0.39, 0.29) is 18.2 Å². The van der Waals surface area contributed by atoms with Gasteiger partial charge in [0.25, 0.3) is 5.69 Å². The van der Waals surface area contributed by atoms with Crippen molar-refractivity contribution >= 4 is 17.3 Å². The van der Waals surface area contributed by atoms with Crippen LogP contribution in [-0.2, 0) is 9.53 Å². The number of hydrogen-bond donors (Lipinski definition) is 0. The van der Waals surface area contributed by atoms with Crippen LogP contribution in [-0.4, -0.2) is 30.6 Å². The molecule has 0 fully saturated rings. The van der Waals surface area contributed by atoms with Crippen LogP contribution in [0, 0.1) is 17.0 Å². The van der Waals surface area contributed by atoms with E-state index in [0.717, 1.165) is 12.0 Å². The van der Waals surface area contributed by atoms with Gasteiger partial charge in [-0.1, -0.05) is 19.1 Å². The van der Waals surface area contributed by atoms with E-state index in [1.165, 1.54) is 6.07 Å². The Balaban J connectivity index is 3.13. The summed E-state index contributed by atoms with van der Waals surface area (Å²) in [4.78, 5) is 24.1. The van der Waals surface area contributed by atoms with Gasteiger partial charge in [0.05, 0.1) is 11.5 Å². The topological polar surface area (TPSA) is 72.7 Å². The van der Waals surface area contributed by atoms with Gasteiger partial charge in [0.2, 0.25) is 0 Å². The molecule has 1 aromatic carbocycles. The van der Waals surface area contributed by atoms with Crippen LogP contribution in [0.1, 0.15) is 25.8 Å². The smallest absolute Gasteiger partial charge is 0.325 e. The number of ether oxygens (including phenoxy) is 1. The molecule has 0 saturated carbocycles. The molecule has 0 aliphatic heterocycles. The summed E-state index contributed by atoms with van der Waals surface area (Å²) in [6.07, 6.45) is 0.783. The maximum atomic E-state index is 11.7. The maximum Gasteiger partial charge on any atom is 0.325 e. The van der Waals surface area contributed by atoms with Crippen molar-refractivity contribution in [1.82, 2.24) is 0 Å². The Labute approximate surface area is 118 Å². The second-order valence-electron chi connectivity index (χ2n) is 4.43. The van der Waals surface area contributed by atoms with Crippen LogP contribution in [0.5, 0.6) is 0 Å². The zero-order chi connectivity index (χ0) is 15.1. The Morgan fingerprint density at radius 3 is 2.65 bits per heavy atom. The van der Waals surface area contributed by atoms with Crippen molar-refractivity contribution in [2.24, 2.45) is 0 Å². The summed E-state index contributed by atoms with van der Waals surface area (Å²) in [7, 11) is 0. The Morgan fingerprint density at radius 1 is 1.40 bits per heavy atom. The fourth-order valence-corrected chi connectivity index (χ4v) is 2.10. The molecule has 0 radical (unpaired) electrons. The molecule has 1 rings (SSSR count). The summed E-state index contributed by atoms with van der Waals surface area (Å²) in [5, 5.41) is 11.2. The largest absolute Gasteiger partial charge is 0.465 e. The molecule has 6 nitrogen and oxygen atoms in total. The van der Waals surface area contributed by atoms with E-state index in [1.807, 2.05) is 6.92 Å². The highest BCUT2D eigenvalue weighted by Gasteiger charge is 2.23. The van der Waals surface area contributed by atoms with E-state index in [0.29, 0.717) is 18.8 Å². The first-order chi connectivity index (χ1) is 9.51. The predicted octanol–water partition coefficient (Wildman–Crippen LogP) is 2.68. The molecule has 0 unspecified atom stereocenters.